The number of hydrogen-bond donors (Lipinski definition) is 1. The zero-order valence-corrected chi connectivity index (χ0v) is 14.4. The first kappa shape index (κ1) is 16.1. The van der Waals surface area contributed by atoms with E-state index in [9.17, 15) is 0 Å². The van der Waals surface area contributed by atoms with Crippen molar-refractivity contribution in [1.82, 2.24) is 20.0 Å². The number of benzene rings is 2. The van der Waals surface area contributed by atoms with Crippen LogP contribution < -0.4 is 5.32 Å². The van der Waals surface area contributed by atoms with E-state index in [0.717, 1.165) is 45.0 Å². The average molecular weight is 332 g/mol. The molecule has 4 rings (SSSR count). The molecule has 2 aromatic carbocycles. The van der Waals surface area contributed by atoms with Crippen molar-refractivity contribution in [2.75, 3.05) is 6.54 Å². The van der Waals surface area contributed by atoms with Gasteiger partial charge in [0.05, 0.1) is 12.4 Å². The third-order valence-electron chi connectivity index (χ3n) is 4.66. The van der Waals surface area contributed by atoms with Crippen molar-refractivity contribution in [1.29, 1.82) is 0 Å². The lowest BCUT2D eigenvalue weighted by Crippen LogP contribution is -2.34. The van der Waals surface area contributed by atoms with Gasteiger partial charge in [0.25, 0.3) is 0 Å². The van der Waals surface area contributed by atoms with E-state index in [1.165, 1.54) is 16.8 Å². The number of aromatic nitrogens is 2. The normalized spacial score (nSPS) is 14.4. The average Bonchev–Trinajstić information content (AvgIpc) is 3.05. The Hall–Kier alpha value is -2.43. The molecular formula is C21H24N4. The van der Waals surface area contributed by atoms with Crippen LogP contribution in [0.2, 0.25) is 0 Å². The van der Waals surface area contributed by atoms with Gasteiger partial charge >= 0.3 is 0 Å². The molecule has 0 saturated heterocycles. The van der Waals surface area contributed by atoms with Gasteiger partial charge in [0.15, 0.2) is 0 Å². The van der Waals surface area contributed by atoms with Gasteiger partial charge in [-0.15, -0.1) is 0 Å². The van der Waals surface area contributed by atoms with Gasteiger partial charge in [0, 0.05) is 38.3 Å². The molecule has 1 aromatic heterocycles. The van der Waals surface area contributed by atoms with Crippen molar-refractivity contribution in [2.24, 2.45) is 0 Å². The van der Waals surface area contributed by atoms with E-state index in [2.05, 4.69) is 75.6 Å². The van der Waals surface area contributed by atoms with Crippen LogP contribution in [0.1, 0.15) is 22.5 Å². The molecule has 0 unspecified atom stereocenters. The molecule has 0 amide bonds. The van der Waals surface area contributed by atoms with Gasteiger partial charge in [-0.3, -0.25) is 9.58 Å². The molecular weight excluding hydrogens is 308 g/mol. The van der Waals surface area contributed by atoms with E-state index in [1.807, 2.05) is 6.07 Å². The summed E-state index contributed by atoms with van der Waals surface area (Å²) in [7, 11) is 0. The Balaban J connectivity index is 1.32. The van der Waals surface area contributed by atoms with Crippen LogP contribution in [0.3, 0.4) is 0 Å². The van der Waals surface area contributed by atoms with Crippen LogP contribution in [0, 0.1) is 0 Å². The van der Waals surface area contributed by atoms with E-state index >= 15 is 0 Å². The van der Waals surface area contributed by atoms with Gasteiger partial charge in [-0.1, -0.05) is 60.7 Å². The third-order valence-corrected chi connectivity index (χ3v) is 4.66. The van der Waals surface area contributed by atoms with E-state index in [-0.39, 0.29) is 0 Å². The second-order valence-corrected chi connectivity index (χ2v) is 6.65. The summed E-state index contributed by atoms with van der Waals surface area (Å²) < 4.78 is 2.16. The summed E-state index contributed by atoms with van der Waals surface area (Å²) in [5, 5.41) is 8.28. The fraction of sp³-hybridized carbons (Fsp3) is 0.286. The molecule has 0 atom stereocenters. The molecule has 4 nitrogen and oxygen atoms in total. The minimum atomic E-state index is 0.813. The number of nitrogens with zero attached hydrogens (tertiary/aromatic N) is 3. The lowest BCUT2D eigenvalue weighted by molar-refractivity contribution is 0.173. The molecule has 2 heterocycles. The second kappa shape index (κ2) is 7.64. The Kier molecular flexibility index (Phi) is 4.91. The van der Waals surface area contributed by atoms with Crippen LogP contribution in [0.25, 0.3) is 0 Å². The number of rotatable bonds is 6. The highest BCUT2D eigenvalue weighted by atomic mass is 15.4. The Labute approximate surface area is 149 Å². The SMILES string of the molecule is c1ccc(CNCc2cc3n(n2)CN(Cc2ccccc2)CC3)cc1. The molecule has 0 bridgehead atoms. The highest BCUT2D eigenvalue weighted by Gasteiger charge is 2.18. The lowest BCUT2D eigenvalue weighted by Gasteiger charge is -2.27. The minimum absolute atomic E-state index is 0.813. The Morgan fingerprint density at radius 2 is 1.60 bits per heavy atom. The van der Waals surface area contributed by atoms with E-state index in [1.54, 1.807) is 0 Å². The molecule has 0 saturated carbocycles. The largest absolute Gasteiger partial charge is 0.307 e. The van der Waals surface area contributed by atoms with E-state index < -0.39 is 0 Å². The summed E-state index contributed by atoms with van der Waals surface area (Å²) in [6.07, 6.45) is 1.07. The van der Waals surface area contributed by atoms with Crippen molar-refractivity contribution in [3.63, 3.8) is 0 Å². The van der Waals surface area contributed by atoms with Gasteiger partial charge < -0.3 is 5.32 Å². The van der Waals surface area contributed by atoms with Crippen LogP contribution >= 0.6 is 0 Å². The summed E-state index contributed by atoms with van der Waals surface area (Å²) >= 11 is 0. The maximum atomic E-state index is 4.79. The van der Waals surface area contributed by atoms with Gasteiger partial charge in [0.1, 0.15) is 0 Å². The second-order valence-electron chi connectivity index (χ2n) is 6.65. The maximum absolute atomic E-state index is 4.79. The van der Waals surface area contributed by atoms with Crippen molar-refractivity contribution >= 4 is 0 Å². The molecule has 0 spiro atoms. The van der Waals surface area contributed by atoms with Crippen molar-refractivity contribution < 1.29 is 0 Å². The first-order valence-corrected chi connectivity index (χ1v) is 8.93. The van der Waals surface area contributed by atoms with Crippen molar-refractivity contribution in [3.8, 4) is 0 Å². The first-order valence-electron chi connectivity index (χ1n) is 8.93. The number of nitrogens with one attached hydrogen (secondary N) is 1. The minimum Gasteiger partial charge on any atom is -0.307 e. The summed E-state index contributed by atoms with van der Waals surface area (Å²) in [5.74, 6) is 0. The molecule has 1 aliphatic heterocycles. The van der Waals surface area contributed by atoms with Gasteiger partial charge in [0.2, 0.25) is 0 Å². The summed E-state index contributed by atoms with van der Waals surface area (Å²) in [4.78, 5) is 2.45. The van der Waals surface area contributed by atoms with Crippen LogP contribution in [0.15, 0.2) is 66.7 Å². The molecule has 0 radical (unpaired) electrons. The van der Waals surface area contributed by atoms with E-state index in [4.69, 9.17) is 5.10 Å². The van der Waals surface area contributed by atoms with Gasteiger partial charge in [-0.2, -0.15) is 5.10 Å². The van der Waals surface area contributed by atoms with Crippen molar-refractivity contribution in [2.45, 2.75) is 32.7 Å². The summed E-state index contributed by atoms with van der Waals surface area (Å²) in [6, 6.07) is 23.4. The maximum Gasteiger partial charge on any atom is 0.0935 e. The molecule has 128 valence electrons. The Morgan fingerprint density at radius 1 is 0.880 bits per heavy atom. The smallest absolute Gasteiger partial charge is 0.0935 e. The first-order chi connectivity index (χ1) is 12.4. The van der Waals surface area contributed by atoms with Crippen LogP contribution in [-0.2, 0) is 32.7 Å². The standard InChI is InChI=1S/C21H24N4/c1-3-7-18(8-4-1)14-22-15-20-13-21-11-12-24(17-25(21)23-20)16-19-9-5-2-6-10-19/h1-10,13,22H,11-12,14-17H2. The molecule has 3 aromatic rings. The topological polar surface area (TPSA) is 33.1 Å². The summed E-state index contributed by atoms with van der Waals surface area (Å²) in [6.45, 7) is 4.65. The van der Waals surface area contributed by atoms with Crippen molar-refractivity contribution in [3.05, 3.63) is 89.2 Å². The number of hydrogen-bond acceptors (Lipinski definition) is 3. The predicted molar refractivity (Wildman–Crippen MR) is 99.8 cm³/mol. The molecule has 1 aliphatic rings. The van der Waals surface area contributed by atoms with E-state index in [0.29, 0.717) is 0 Å². The fourth-order valence-electron chi connectivity index (χ4n) is 3.36. The zero-order valence-electron chi connectivity index (χ0n) is 14.4. The highest BCUT2D eigenvalue weighted by molar-refractivity contribution is 5.17. The predicted octanol–water partition coefficient (Wildman–Crippen LogP) is 3.19. The Morgan fingerprint density at radius 3 is 2.36 bits per heavy atom. The molecule has 4 heteroatoms. The summed E-state index contributed by atoms with van der Waals surface area (Å²) in [5.41, 5.74) is 5.15. The third kappa shape index (κ3) is 4.16. The quantitative estimate of drug-likeness (QED) is 0.752. The Bertz CT molecular complexity index is 795. The number of fused-ring (bicyclic) bond motifs is 1. The van der Waals surface area contributed by atoms with Gasteiger partial charge in [-0.05, 0) is 17.2 Å². The lowest BCUT2D eigenvalue weighted by atomic mass is 10.2. The highest BCUT2D eigenvalue weighted by Crippen LogP contribution is 2.15. The molecule has 0 aliphatic carbocycles. The molecule has 1 N–H and O–H groups in total. The molecule has 0 fully saturated rings. The van der Waals surface area contributed by atoms with Crippen LogP contribution in [0.4, 0.5) is 0 Å². The monoisotopic (exact) mass is 332 g/mol. The van der Waals surface area contributed by atoms with Gasteiger partial charge in [-0.25, -0.2) is 0 Å². The molecule has 25 heavy (non-hydrogen) atoms. The fourth-order valence-corrected chi connectivity index (χ4v) is 3.36. The zero-order chi connectivity index (χ0) is 16.9. The van der Waals surface area contributed by atoms with Crippen LogP contribution in [-0.4, -0.2) is 21.2 Å². The van der Waals surface area contributed by atoms with Crippen LogP contribution in [0.5, 0.6) is 0 Å².